The highest BCUT2D eigenvalue weighted by atomic mass is 35.5. The molecular formula is C6H16Cl2N4O. The Hall–Kier alpha value is -0.230. The highest BCUT2D eigenvalue weighted by Crippen LogP contribution is 2.00. The van der Waals surface area contributed by atoms with Crippen molar-refractivity contribution in [3.8, 4) is 0 Å². The second kappa shape index (κ2) is 8.37. The van der Waals surface area contributed by atoms with Crippen molar-refractivity contribution in [2.45, 2.75) is 18.9 Å². The second-order valence-corrected chi connectivity index (χ2v) is 2.64. The van der Waals surface area contributed by atoms with Crippen molar-refractivity contribution in [3.63, 3.8) is 0 Å². The molecule has 1 aliphatic rings. The molecule has 0 spiro atoms. The van der Waals surface area contributed by atoms with Crippen molar-refractivity contribution in [1.82, 2.24) is 16.1 Å². The van der Waals surface area contributed by atoms with Gasteiger partial charge in [0.05, 0.1) is 0 Å². The van der Waals surface area contributed by atoms with Crippen LogP contribution in [0, 0.1) is 0 Å². The van der Waals surface area contributed by atoms with Crippen molar-refractivity contribution >= 4 is 30.8 Å². The number of carbonyl (C=O) groups excluding carboxylic acids is 1. The first-order valence-corrected chi connectivity index (χ1v) is 3.81. The van der Waals surface area contributed by atoms with E-state index in [0.29, 0.717) is 0 Å². The monoisotopic (exact) mass is 230 g/mol. The van der Waals surface area contributed by atoms with Crippen LogP contribution in [0.1, 0.15) is 12.8 Å². The largest absolute Gasteiger partial charge is 0.334 e. The summed E-state index contributed by atoms with van der Waals surface area (Å²) in [5.74, 6) is 4.91. The minimum absolute atomic E-state index is 0. The van der Waals surface area contributed by atoms with Crippen molar-refractivity contribution in [3.05, 3.63) is 0 Å². The zero-order chi connectivity index (χ0) is 8.10. The quantitative estimate of drug-likeness (QED) is 0.285. The van der Waals surface area contributed by atoms with E-state index in [4.69, 9.17) is 5.84 Å². The third kappa shape index (κ3) is 5.93. The molecule has 0 radical (unpaired) electrons. The van der Waals surface area contributed by atoms with Gasteiger partial charge in [0.15, 0.2) is 0 Å². The smallest absolute Gasteiger partial charge is 0.329 e. The molecule has 0 aliphatic carbocycles. The Labute approximate surface area is 90.0 Å². The van der Waals surface area contributed by atoms with E-state index in [1.54, 1.807) is 0 Å². The van der Waals surface area contributed by atoms with Crippen LogP contribution in [-0.2, 0) is 0 Å². The molecule has 0 bridgehead atoms. The van der Waals surface area contributed by atoms with Crippen molar-refractivity contribution in [1.29, 1.82) is 0 Å². The van der Waals surface area contributed by atoms with Gasteiger partial charge >= 0.3 is 6.03 Å². The number of urea groups is 1. The standard InChI is InChI=1S/C6H14N4O.2ClH/c7-10-6(11)9-5-1-3-8-4-2-5;;/h5,8H,1-4,7H2,(H2,9,10,11);2*1H. The van der Waals surface area contributed by atoms with E-state index in [1.165, 1.54) is 0 Å². The number of hydrogen-bond acceptors (Lipinski definition) is 3. The molecule has 80 valence electrons. The van der Waals surface area contributed by atoms with Crippen molar-refractivity contribution in [2.24, 2.45) is 5.84 Å². The van der Waals surface area contributed by atoms with Crippen LogP contribution >= 0.6 is 24.8 Å². The predicted octanol–water partition coefficient (Wildman–Crippen LogP) is -0.245. The highest BCUT2D eigenvalue weighted by Gasteiger charge is 2.13. The third-order valence-electron chi connectivity index (χ3n) is 1.81. The summed E-state index contributed by atoms with van der Waals surface area (Å²) in [6, 6.07) is -0.0169. The number of nitrogens with one attached hydrogen (secondary N) is 3. The van der Waals surface area contributed by atoms with Gasteiger partial charge in [-0.25, -0.2) is 10.6 Å². The lowest BCUT2D eigenvalue weighted by Gasteiger charge is -2.23. The maximum atomic E-state index is 10.7. The molecule has 0 saturated carbocycles. The molecule has 1 fully saturated rings. The zero-order valence-corrected chi connectivity index (χ0v) is 8.84. The second-order valence-electron chi connectivity index (χ2n) is 2.64. The minimum atomic E-state index is -0.295. The number of piperidine rings is 1. The van der Waals surface area contributed by atoms with Crippen LogP contribution in [0.2, 0.25) is 0 Å². The number of carbonyl (C=O) groups is 1. The minimum Gasteiger partial charge on any atom is -0.334 e. The number of rotatable bonds is 1. The third-order valence-corrected chi connectivity index (χ3v) is 1.81. The van der Waals surface area contributed by atoms with Gasteiger partial charge in [-0.3, -0.25) is 5.43 Å². The number of hydrogen-bond donors (Lipinski definition) is 4. The normalized spacial score (nSPS) is 16.4. The number of amides is 2. The number of hydrazine groups is 1. The molecule has 1 rings (SSSR count). The topological polar surface area (TPSA) is 79.2 Å². The number of nitrogens with two attached hydrogens (primary N) is 1. The molecule has 0 atom stereocenters. The van der Waals surface area contributed by atoms with Crippen molar-refractivity contribution in [2.75, 3.05) is 13.1 Å². The molecule has 0 aromatic carbocycles. The summed E-state index contributed by atoms with van der Waals surface area (Å²) in [6.07, 6.45) is 1.96. The first-order chi connectivity index (χ1) is 5.33. The summed E-state index contributed by atoms with van der Waals surface area (Å²) in [4.78, 5) is 10.7. The first kappa shape index (κ1) is 15.3. The van der Waals surface area contributed by atoms with Gasteiger partial charge in [-0.15, -0.1) is 24.8 Å². The molecule has 0 unspecified atom stereocenters. The maximum absolute atomic E-state index is 10.7. The molecular weight excluding hydrogens is 215 g/mol. The Balaban J connectivity index is 0. The fraction of sp³-hybridized carbons (Fsp3) is 0.833. The zero-order valence-electron chi connectivity index (χ0n) is 7.21. The summed E-state index contributed by atoms with van der Waals surface area (Å²) in [6.45, 7) is 1.94. The van der Waals surface area contributed by atoms with Crippen LogP contribution in [0.4, 0.5) is 4.79 Å². The summed E-state index contributed by atoms with van der Waals surface area (Å²) in [7, 11) is 0. The Kier molecular flexibility index (Phi) is 9.82. The van der Waals surface area contributed by atoms with E-state index >= 15 is 0 Å². The first-order valence-electron chi connectivity index (χ1n) is 3.81. The summed E-state index contributed by atoms with van der Waals surface area (Å²) in [5.41, 5.74) is 2.04. The highest BCUT2D eigenvalue weighted by molar-refractivity contribution is 5.85. The molecule has 5 N–H and O–H groups in total. The fourth-order valence-corrected chi connectivity index (χ4v) is 1.19. The van der Waals surface area contributed by atoms with Gasteiger partial charge in [0, 0.05) is 6.04 Å². The lowest BCUT2D eigenvalue weighted by atomic mass is 10.1. The van der Waals surface area contributed by atoms with Crippen LogP contribution < -0.4 is 21.9 Å². The van der Waals surface area contributed by atoms with Gasteiger partial charge in [0.25, 0.3) is 0 Å². The van der Waals surface area contributed by atoms with Gasteiger partial charge in [0.1, 0.15) is 0 Å². The lowest BCUT2D eigenvalue weighted by molar-refractivity contribution is 0.234. The van der Waals surface area contributed by atoms with E-state index in [0.717, 1.165) is 25.9 Å². The summed E-state index contributed by atoms with van der Waals surface area (Å²) < 4.78 is 0. The van der Waals surface area contributed by atoms with E-state index in [9.17, 15) is 4.79 Å². The molecule has 0 aromatic rings. The molecule has 1 saturated heterocycles. The molecule has 0 aromatic heterocycles. The van der Waals surface area contributed by atoms with Gasteiger partial charge in [-0.1, -0.05) is 0 Å². The Morgan fingerprint density at radius 3 is 2.31 bits per heavy atom. The maximum Gasteiger partial charge on any atom is 0.329 e. The van der Waals surface area contributed by atoms with Gasteiger partial charge in [-0.05, 0) is 25.9 Å². The SMILES string of the molecule is Cl.Cl.NNC(=O)NC1CCNCC1. The average molecular weight is 231 g/mol. The predicted molar refractivity (Wildman–Crippen MR) is 56.2 cm³/mol. The Morgan fingerprint density at radius 2 is 1.85 bits per heavy atom. The average Bonchev–Trinajstić information content (AvgIpc) is 2.06. The summed E-state index contributed by atoms with van der Waals surface area (Å²) in [5, 5.41) is 5.96. The molecule has 5 nitrogen and oxygen atoms in total. The van der Waals surface area contributed by atoms with Crippen LogP contribution in [0.5, 0.6) is 0 Å². The Morgan fingerprint density at radius 1 is 1.31 bits per heavy atom. The van der Waals surface area contributed by atoms with Crippen LogP contribution in [0.15, 0.2) is 0 Å². The van der Waals surface area contributed by atoms with Gasteiger partial charge in [-0.2, -0.15) is 0 Å². The van der Waals surface area contributed by atoms with Gasteiger partial charge in [0.2, 0.25) is 0 Å². The molecule has 1 heterocycles. The summed E-state index contributed by atoms with van der Waals surface area (Å²) >= 11 is 0. The van der Waals surface area contributed by atoms with Gasteiger partial charge < -0.3 is 10.6 Å². The molecule has 2 amide bonds. The van der Waals surface area contributed by atoms with E-state index in [-0.39, 0.29) is 36.9 Å². The van der Waals surface area contributed by atoms with Crippen LogP contribution in [0.25, 0.3) is 0 Å². The van der Waals surface area contributed by atoms with Crippen molar-refractivity contribution < 1.29 is 4.79 Å². The lowest BCUT2D eigenvalue weighted by Crippen LogP contribution is -2.48. The Bertz CT molecular complexity index is 141. The molecule has 1 aliphatic heterocycles. The number of halogens is 2. The molecule has 7 heteroatoms. The molecule has 13 heavy (non-hydrogen) atoms. The van der Waals surface area contributed by atoms with Crippen LogP contribution in [-0.4, -0.2) is 25.2 Å². The van der Waals surface area contributed by atoms with Crippen LogP contribution in [0.3, 0.4) is 0 Å². The van der Waals surface area contributed by atoms with E-state index < -0.39 is 0 Å². The van der Waals surface area contributed by atoms with E-state index in [1.807, 2.05) is 5.43 Å². The van der Waals surface area contributed by atoms with E-state index in [2.05, 4.69) is 10.6 Å². The fourth-order valence-electron chi connectivity index (χ4n) is 1.19.